The maximum Gasteiger partial charge on any atom is 0.223 e. The molecule has 0 aliphatic carbocycles. The SMILES string of the molecule is O=c1ccn(O)c(CON2CCN=C2Nc2c(Cl)cccc2Cl)c1. The van der Waals surface area contributed by atoms with Gasteiger partial charge in [0.25, 0.3) is 0 Å². The molecule has 1 aliphatic rings. The Labute approximate surface area is 147 Å². The lowest BCUT2D eigenvalue weighted by molar-refractivity contribution is -0.108. The smallest absolute Gasteiger partial charge is 0.223 e. The fourth-order valence-corrected chi connectivity index (χ4v) is 2.65. The molecular weight excluding hydrogens is 355 g/mol. The van der Waals surface area contributed by atoms with Gasteiger partial charge in [-0.25, -0.2) is 10.1 Å². The Morgan fingerprint density at radius 1 is 1.29 bits per heavy atom. The van der Waals surface area contributed by atoms with Gasteiger partial charge in [-0.1, -0.05) is 29.3 Å². The van der Waals surface area contributed by atoms with E-state index in [0.29, 0.717) is 40.5 Å². The summed E-state index contributed by atoms with van der Waals surface area (Å²) in [5.41, 5.74) is 0.647. The van der Waals surface area contributed by atoms with Crippen molar-refractivity contribution in [2.45, 2.75) is 6.61 Å². The number of anilines is 1. The first kappa shape index (κ1) is 16.6. The van der Waals surface area contributed by atoms with E-state index in [1.54, 1.807) is 18.2 Å². The van der Waals surface area contributed by atoms with Gasteiger partial charge in [-0.2, -0.15) is 4.73 Å². The number of aromatic nitrogens is 1. The Bertz CT molecular complexity index is 817. The van der Waals surface area contributed by atoms with E-state index >= 15 is 0 Å². The van der Waals surface area contributed by atoms with Crippen LogP contribution in [-0.4, -0.2) is 34.0 Å². The Morgan fingerprint density at radius 2 is 2.04 bits per heavy atom. The van der Waals surface area contributed by atoms with Gasteiger partial charge >= 0.3 is 0 Å². The van der Waals surface area contributed by atoms with E-state index in [9.17, 15) is 10.0 Å². The molecule has 0 atom stereocenters. The van der Waals surface area contributed by atoms with Crippen LogP contribution < -0.4 is 10.7 Å². The van der Waals surface area contributed by atoms with Gasteiger partial charge in [0.1, 0.15) is 6.61 Å². The first-order valence-corrected chi connectivity index (χ1v) is 7.87. The van der Waals surface area contributed by atoms with Crippen molar-refractivity contribution in [1.29, 1.82) is 0 Å². The Balaban J connectivity index is 1.70. The van der Waals surface area contributed by atoms with Gasteiger partial charge < -0.3 is 10.5 Å². The van der Waals surface area contributed by atoms with E-state index in [1.165, 1.54) is 23.4 Å². The van der Waals surface area contributed by atoms with E-state index in [1.807, 2.05) is 0 Å². The number of nitrogens with zero attached hydrogens (tertiary/aromatic N) is 3. The number of guanidine groups is 1. The predicted octanol–water partition coefficient (Wildman–Crippen LogP) is 2.61. The minimum Gasteiger partial charge on any atom is -0.429 e. The number of hydrogen-bond acceptors (Lipinski definition) is 6. The van der Waals surface area contributed by atoms with E-state index in [0.717, 1.165) is 4.73 Å². The molecule has 7 nitrogen and oxygen atoms in total. The Kier molecular flexibility index (Phi) is 4.94. The second-order valence-corrected chi connectivity index (χ2v) is 5.82. The highest BCUT2D eigenvalue weighted by atomic mass is 35.5. The van der Waals surface area contributed by atoms with Crippen LogP contribution in [-0.2, 0) is 11.4 Å². The average molecular weight is 369 g/mol. The van der Waals surface area contributed by atoms with E-state index < -0.39 is 0 Å². The van der Waals surface area contributed by atoms with E-state index in [4.69, 9.17) is 28.0 Å². The van der Waals surface area contributed by atoms with Gasteiger partial charge in [0, 0.05) is 18.3 Å². The molecule has 9 heteroatoms. The van der Waals surface area contributed by atoms with Crippen molar-refractivity contribution in [2.75, 3.05) is 18.4 Å². The van der Waals surface area contributed by atoms with Crippen molar-refractivity contribution in [1.82, 2.24) is 9.79 Å². The minimum absolute atomic E-state index is 0.00351. The third-order valence-electron chi connectivity index (χ3n) is 3.35. The topological polar surface area (TPSA) is 79.1 Å². The molecule has 1 aromatic heterocycles. The first-order valence-electron chi connectivity index (χ1n) is 7.11. The molecule has 0 spiro atoms. The zero-order chi connectivity index (χ0) is 17.1. The summed E-state index contributed by atoms with van der Waals surface area (Å²) in [4.78, 5) is 21.3. The molecule has 1 aliphatic heterocycles. The second kappa shape index (κ2) is 7.12. The number of hydroxylamine groups is 2. The summed E-state index contributed by atoms with van der Waals surface area (Å²) in [7, 11) is 0. The maximum atomic E-state index is 11.4. The molecule has 2 N–H and O–H groups in total. The summed E-state index contributed by atoms with van der Waals surface area (Å²) in [6.45, 7) is 1.06. The van der Waals surface area contributed by atoms with Crippen molar-refractivity contribution in [3.63, 3.8) is 0 Å². The lowest BCUT2D eigenvalue weighted by Gasteiger charge is -2.21. The number of nitrogens with one attached hydrogen (secondary N) is 1. The molecule has 0 saturated heterocycles. The zero-order valence-electron chi connectivity index (χ0n) is 12.4. The van der Waals surface area contributed by atoms with Crippen molar-refractivity contribution in [3.8, 4) is 0 Å². The van der Waals surface area contributed by atoms with E-state index in [2.05, 4.69) is 10.3 Å². The van der Waals surface area contributed by atoms with Gasteiger partial charge in [0.05, 0.1) is 34.5 Å². The lowest BCUT2D eigenvalue weighted by Crippen LogP contribution is -2.33. The molecule has 126 valence electrons. The van der Waals surface area contributed by atoms with Gasteiger partial charge in [0.15, 0.2) is 5.43 Å². The normalized spacial score (nSPS) is 13.9. The molecule has 3 rings (SSSR count). The van der Waals surface area contributed by atoms with Crippen LogP contribution >= 0.6 is 23.2 Å². The van der Waals surface area contributed by atoms with Crippen molar-refractivity contribution in [2.24, 2.45) is 4.99 Å². The highest BCUT2D eigenvalue weighted by Gasteiger charge is 2.20. The molecule has 0 unspecified atom stereocenters. The molecule has 2 heterocycles. The summed E-state index contributed by atoms with van der Waals surface area (Å²) in [6.07, 6.45) is 1.27. The van der Waals surface area contributed by atoms with Crippen LogP contribution in [0, 0.1) is 0 Å². The molecule has 0 fully saturated rings. The van der Waals surface area contributed by atoms with Gasteiger partial charge in [-0.15, -0.1) is 0 Å². The lowest BCUT2D eigenvalue weighted by atomic mass is 10.3. The van der Waals surface area contributed by atoms with Crippen LogP contribution in [0.1, 0.15) is 5.69 Å². The van der Waals surface area contributed by atoms with Crippen molar-refractivity contribution in [3.05, 3.63) is 62.5 Å². The number of rotatable bonds is 4. The third kappa shape index (κ3) is 3.64. The first-order chi connectivity index (χ1) is 11.5. The molecule has 1 aromatic carbocycles. The van der Waals surface area contributed by atoms with Crippen LogP contribution in [0.15, 0.2) is 46.3 Å². The maximum absolute atomic E-state index is 11.4. The third-order valence-corrected chi connectivity index (χ3v) is 3.98. The number of benzene rings is 1. The summed E-state index contributed by atoms with van der Waals surface area (Å²) in [5, 5.41) is 15.2. The summed E-state index contributed by atoms with van der Waals surface area (Å²) in [6, 6.07) is 7.73. The second-order valence-electron chi connectivity index (χ2n) is 5.00. The number of aliphatic imine (C=N–C) groups is 1. The Morgan fingerprint density at radius 3 is 2.79 bits per heavy atom. The number of pyridine rings is 1. The number of halogens is 2. The monoisotopic (exact) mass is 368 g/mol. The predicted molar refractivity (Wildman–Crippen MR) is 91.8 cm³/mol. The molecule has 24 heavy (non-hydrogen) atoms. The molecule has 0 radical (unpaired) electrons. The quantitative estimate of drug-likeness (QED) is 0.810. The molecule has 0 amide bonds. The fraction of sp³-hybridized carbons (Fsp3) is 0.200. The fourth-order valence-electron chi connectivity index (χ4n) is 2.16. The van der Waals surface area contributed by atoms with Crippen LogP contribution in [0.4, 0.5) is 5.69 Å². The Hall–Kier alpha value is -2.22. The highest BCUT2D eigenvalue weighted by molar-refractivity contribution is 6.39. The van der Waals surface area contributed by atoms with Gasteiger partial charge in [-0.3, -0.25) is 9.63 Å². The standard InChI is InChI=1S/C15H14Cl2N4O3/c16-12-2-1-3-13(17)14(12)19-15-18-5-7-21(15)24-9-10-8-11(22)4-6-20(10)23/h1-4,6,8,23H,5,7,9H2,(H,18,19). The van der Waals surface area contributed by atoms with Crippen LogP contribution in [0.5, 0.6) is 0 Å². The minimum atomic E-state index is -0.213. The molecule has 2 aromatic rings. The largest absolute Gasteiger partial charge is 0.429 e. The number of hydrogen-bond donors (Lipinski definition) is 2. The molecule has 0 bridgehead atoms. The van der Waals surface area contributed by atoms with Crippen molar-refractivity contribution >= 4 is 34.8 Å². The highest BCUT2D eigenvalue weighted by Crippen LogP contribution is 2.30. The molecule has 0 saturated carbocycles. The summed E-state index contributed by atoms with van der Waals surface area (Å²) < 4.78 is 0.840. The number of para-hydroxylation sites is 1. The van der Waals surface area contributed by atoms with Crippen LogP contribution in [0.2, 0.25) is 10.0 Å². The summed E-state index contributed by atoms with van der Waals surface area (Å²) >= 11 is 12.3. The zero-order valence-corrected chi connectivity index (χ0v) is 14.0. The van der Waals surface area contributed by atoms with Gasteiger partial charge in [-0.05, 0) is 12.1 Å². The van der Waals surface area contributed by atoms with Crippen LogP contribution in [0.25, 0.3) is 0 Å². The van der Waals surface area contributed by atoms with Gasteiger partial charge in [0.2, 0.25) is 5.96 Å². The summed E-state index contributed by atoms with van der Waals surface area (Å²) in [5.74, 6) is 0.452. The van der Waals surface area contributed by atoms with Crippen molar-refractivity contribution < 1.29 is 10.0 Å². The van der Waals surface area contributed by atoms with E-state index in [-0.39, 0.29) is 12.0 Å². The molecular formula is C15H14Cl2N4O3. The van der Waals surface area contributed by atoms with Crippen LogP contribution in [0.3, 0.4) is 0 Å². The average Bonchev–Trinajstić information content (AvgIpc) is 2.99.